The number of hydrogen-bond donors (Lipinski definition) is 2. The van der Waals surface area contributed by atoms with Crippen LogP contribution in [0.2, 0.25) is 0 Å². The minimum absolute atomic E-state index is 0.0109. The van der Waals surface area contributed by atoms with E-state index in [-0.39, 0.29) is 22.9 Å². The molecule has 0 fully saturated rings. The Morgan fingerprint density at radius 2 is 1.94 bits per heavy atom. The van der Waals surface area contributed by atoms with Crippen LogP contribution in [-0.4, -0.2) is 39.9 Å². The van der Waals surface area contributed by atoms with Crippen LogP contribution in [0.1, 0.15) is 21.8 Å². The average Bonchev–Trinajstić information content (AvgIpc) is 3.24. The topological polar surface area (TPSA) is 107 Å². The second-order valence-corrected chi connectivity index (χ2v) is 8.80. The number of nitrogens with one attached hydrogen (secondary N) is 2. The third-order valence-corrected chi connectivity index (χ3v) is 6.63. The highest BCUT2D eigenvalue weighted by Crippen LogP contribution is 2.35. The van der Waals surface area contributed by atoms with Crippen molar-refractivity contribution in [3.63, 3.8) is 0 Å². The number of ether oxygens (including phenoxy) is 2. The van der Waals surface area contributed by atoms with Gasteiger partial charge in [-0.05, 0) is 30.3 Å². The first-order chi connectivity index (χ1) is 15.8. The zero-order valence-corrected chi connectivity index (χ0v) is 18.4. The lowest BCUT2D eigenvalue weighted by Crippen LogP contribution is -2.20. The molecule has 0 aliphatic carbocycles. The van der Waals surface area contributed by atoms with Gasteiger partial charge in [0.25, 0.3) is 10.0 Å². The van der Waals surface area contributed by atoms with Gasteiger partial charge in [-0.2, -0.15) is 0 Å². The minimum atomic E-state index is -4.39. The molecule has 172 valence electrons. The van der Waals surface area contributed by atoms with E-state index < -0.39 is 44.6 Å². The normalized spacial score (nSPS) is 14.8. The molecule has 2 heterocycles. The van der Waals surface area contributed by atoms with Gasteiger partial charge < -0.3 is 14.8 Å². The van der Waals surface area contributed by atoms with Gasteiger partial charge in [-0.1, -0.05) is 6.07 Å². The predicted octanol–water partition coefficient (Wildman–Crippen LogP) is 3.57. The first-order valence-electron chi connectivity index (χ1n) is 9.72. The van der Waals surface area contributed by atoms with Crippen LogP contribution < -0.4 is 19.5 Å². The molecular formula is C22H19F2N3O5S. The van der Waals surface area contributed by atoms with Crippen molar-refractivity contribution < 1.29 is 31.5 Å². The highest BCUT2D eigenvalue weighted by atomic mass is 32.2. The Labute approximate surface area is 188 Å². The standard InChI is InChI=1S/C22H19F2N3O5S/c1-31-12-5-8-17(32-2)18(10-12)33(29,30)27-16-7-6-15(23)19(20(16)24)21(28)14-11-26-22-13(14)4-3-9-25-22/h3-10,14,27H,11H2,1-2H3,(H,25,26). The molecule has 0 bridgehead atoms. The number of nitrogens with zero attached hydrogens (tertiary/aromatic N) is 1. The van der Waals surface area contributed by atoms with Gasteiger partial charge in [0.15, 0.2) is 11.6 Å². The summed E-state index contributed by atoms with van der Waals surface area (Å²) in [6.45, 7) is 0.112. The molecule has 4 rings (SSSR count). The highest BCUT2D eigenvalue weighted by Gasteiger charge is 2.34. The number of anilines is 2. The number of methoxy groups -OCH3 is 2. The molecule has 0 spiro atoms. The van der Waals surface area contributed by atoms with Crippen molar-refractivity contribution in [3.8, 4) is 11.5 Å². The molecule has 0 saturated carbocycles. The van der Waals surface area contributed by atoms with E-state index in [4.69, 9.17) is 9.47 Å². The zero-order valence-electron chi connectivity index (χ0n) is 17.6. The summed E-state index contributed by atoms with van der Waals surface area (Å²) < 4.78 is 68.0. The molecule has 2 N–H and O–H groups in total. The molecule has 1 atom stereocenters. The number of carbonyl (C=O) groups excluding carboxylic acids is 1. The van der Waals surface area contributed by atoms with E-state index in [1.54, 1.807) is 12.1 Å². The van der Waals surface area contributed by atoms with Crippen LogP contribution in [0.25, 0.3) is 0 Å². The third-order valence-electron chi connectivity index (χ3n) is 5.25. The molecule has 1 aliphatic rings. The van der Waals surface area contributed by atoms with Gasteiger partial charge in [-0.3, -0.25) is 9.52 Å². The molecule has 2 aromatic carbocycles. The number of Topliss-reactive ketones (excluding diaryl/α,β-unsaturated/α-hetero) is 1. The van der Waals surface area contributed by atoms with Crippen LogP contribution >= 0.6 is 0 Å². The molecule has 8 nitrogen and oxygen atoms in total. The number of rotatable bonds is 7. The average molecular weight is 475 g/mol. The van der Waals surface area contributed by atoms with Gasteiger partial charge in [-0.15, -0.1) is 0 Å². The van der Waals surface area contributed by atoms with Crippen LogP contribution in [0.15, 0.2) is 53.6 Å². The Balaban J connectivity index is 1.72. The maximum atomic E-state index is 15.3. The van der Waals surface area contributed by atoms with Crippen LogP contribution in [0, 0.1) is 11.6 Å². The van der Waals surface area contributed by atoms with Crippen molar-refractivity contribution in [1.82, 2.24) is 4.98 Å². The molecule has 3 aromatic rings. The maximum absolute atomic E-state index is 15.3. The molecule has 0 amide bonds. The van der Waals surface area contributed by atoms with E-state index >= 15 is 4.39 Å². The quantitative estimate of drug-likeness (QED) is 0.503. The predicted molar refractivity (Wildman–Crippen MR) is 117 cm³/mol. The highest BCUT2D eigenvalue weighted by molar-refractivity contribution is 7.92. The van der Waals surface area contributed by atoms with E-state index in [9.17, 15) is 17.6 Å². The number of aromatic nitrogens is 1. The number of ketones is 1. The van der Waals surface area contributed by atoms with E-state index in [0.29, 0.717) is 11.4 Å². The molecule has 1 aromatic heterocycles. The van der Waals surface area contributed by atoms with Gasteiger partial charge >= 0.3 is 0 Å². The van der Waals surface area contributed by atoms with Crippen LogP contribution in [-0.2, 0) is 10.0 Å². The third kappa shape index (κ3) is 4.07. The van der Waals surface area contributed by atoms with Crippen molar-refractivity contribution in [2.24, 2.45) is 0 Å². The Morgan fingerprint density at radius 1 is 1.15 bits per heavy atom. The fourth-order valence-electron chi connectivity index (χ4n) is 3.61. The molecule has 33 heavy (non-hydrogen) atoms. The lowest BCUT2D eigenvalue weighted by Gasteiger charge is -2.16. The molecule has 0 radical (unpaired) electrons. The second-order valence-electron chi connectivity index (χ2n) is 7.15. The molecule has 0 saturated heterocycles. The maximum Gasteiger partial charge on any atom is 0.265 e. The molecule has 1 unspecified atom stereocenters. The lowest BCUT2D eigenvalue weighted by molar-refractivity contribution is 0.0958. The summed E-state index contributed by atoms with van der Waals surface area (Å²) in [5, 5.41) is 2.92. The molecular weight excluding hydrogens is 456 g/mol. The van der Waals surface area contributed by atoms with Crippen molar-refractivity contribution >= 4 is 27.3 Å². The largest absolute Gasteiger partial charge is 0.497 e. The number of benzene rings is 2. The van der Waals surface area contributed by atoms with Gasteiger partial charge in [0.1, 0.15) is 28.0 Å². The van der Waals surface area contributed by atoms with Crippen molar-refractivity contribution in [3.05, 3.63) is 71.4 Å². The van der Waals surface area contributed by atoms with Gasteiger partial charge in [0.05, 0.1) is 31.4 Å². The summed E-state index contributed by atoms with van der Waals surface area (Å²) in [7, 11) is -1.75. The summed E-state index contributed by atoms with van der Waals surface area (Å²) in [6, 6.07) is 9.07. The SMILES string of the molecule is COc1ccc(OC)c(S(=O)(=O)Nc2ccc(F)c(C(=O)C3CNc4ncccc43)c2F)c1. The number of sulfonamides is 1. The number of fused-ring (bicyclic) bond motifs is 1. The summed E-state index contributed by atoms with van der Waals surface area (Å²) in [4.78, 5) is 16.8. The smallest absolute Gasteiger partial charge is 0.265 e. The number of pyridine rings is 1. The van der Waals surface area contributed by atoms with E-state index in [1.807, 2.05) is 0 Å². The first-order valence-corrected chi connectivity index (χ1v) is 11.2. The lowest BCUT2D eigenvalue weighted by atomic mass is 9.92. The van der Waals surface area contributed by atoms with Gasteiger partial charge in [0, 0.05) is 24.4 Å². The fourth-order valence-corrected chi connectivity index (χ4v) is 4.86. The monoisotopic (exact) mass is 475 g/mol. The Kier molecular flexibility index (Phi) is 5.90. The van der Waals surface area contributed by atoms with Crippen LogP contribution in [0.4, 0.5) is 20.3 Å². The zero-order chi connectivity index (χ0) is 23.8. The minimum Gasteiger partial charge on any atom is -0.497 e. The Hall–Kier alpha value is -3.73. The van der Waals surface area contributed by atoms with Crippen LogP contribution in [0.3, 0.4) is 0 Å². The number of halogens is 2. The van der Waals surface area contributed by atoms with Gasteiger partial charge in [0.2, 0.25) is 0 Å². The molecule has 1 aliphatic heterocycles. The van der Waals surface area contributed by atoms with E-state index in [1.165, 1.54) is 38.6 Å². The summed E-state index contributed by atoms with van der Waals surface area (Å²) in [5.74, 6) is -3.44. The van der Waals surface area contributed by atoms with Crippen molar-refractivity contribution in [2.75, 3.05) is 30.8 Å². The Morgan fingerprint density at radius 3 is 2.67 bits per heavy atom. The van der Waals surface area contributed by atoms with E-state index in [2.05, 4.69) is 15.0 Å². The number of carbonyl (C=O) groups is 1. The second kappa shape index (κ2) is 8.66. The first kappa shape index (κ1) is 22.5. The van der Waals surface area contributed by atoms with E-state index in [0.717, 1.165) is 12.1 Å². The fraction of sp³-hybridized carbons (Fsp3) is 0.182. The molecule has 11 heteroatoms. The summed E-state index contributed by atoms with van der Waals surface area (Å²) in [6.07, 6.45) is 1.53. The van der Waals surface area contributed by atoms with Gasteiger partial charge in [-0.25, -0.2) is 22.2 Å². The number of hydrogen-bond acceptors (Lipinski definition) is 7. The van der Waals surface area contributed by atoms with Crippen molar-refractivity contribution in [1.29, 1.82) is 0 Å². The summed E-state index contributed by atoms with van der Waals surface area (Å²) in [5.41, 5.74) is -0.910. The van der Waals surface area contributed by atoms with Crippen LogP contribution in [0.5, 0.6) is 11.5 Å². The Bertz CT molecular complexity index is 1350. The van der Waals surface area contributed by atoms with Crippen molar-refractivity contribution in [2.45, 2.75) is 10.8 Å². The summed E-state index contributed by atoms with van der Waals surface area (Å²) >= 11 is 0.